The van der Waals surface area contributed by atoms with Crippen LogP contribution in [-0.2, 0) is 4.79 Å². The van der Waals surface area contributed by atoms with Crippen LogP contribution in [-0.4, -0.2) is 24.1 Å². The number of hydrogen-bond donors (Lipinski definition) is 2. The van der Waals surface area contributed by atoms with Crippen molar-refractivity contribution in [1.29, 1.82) is 5.26 Å². The van der Waals surface area contributed by atoms with Crippen molar-refractivity contribution < 1.29 is 9.59 Å². The van der Waals surface area contributed by atoms with Gasteiger partial charge in [0.05, 0.1) is 22.9 Å². The minimum atomic E-state index is -0.187. The monoisotopic (exact) mass is 381 g/mol. The zero-order valence-corrected chi connectivity index (χ0v) is 16.1. The lowest BCUT2D eigenvalue weighted by molar-refractivity contribution is -0.113. The van der Waals surface area contributed by atoms with E-state index >= 15 is 0 Å². The van der Waals surface area contributed by atoms with Crippen LogP contribution in [0.25, 0.3) is 0 Å². The fraction of sp³-hybridized carbons (Fsp3) is 0.286. The summed E-state index contributed by atoms with van der Waals surface area (Å²) in [5.74, 6) is -0.124. The van der Waals surface area contributed by atoms with E-state index in [-0.39, 0.29) is 17.6 Å². The molecular formula is C21H23N3O2S. The van der Waals surface area contributed by atoms with E-state index in [4.69, 9.17) is 5.26 Å². The highest BCUT2D eigenvalue weighted by atomic mass is 32.2. The minimum Gasteiger partial charge on any atom is -0.352 e. The van der Waals surface area contributed by atoms with Gasteiger partial charge in [0.1, 0.15) is 0 Å². The molecular weight excluding hydrogens is 358 g/mol. The third-order valence-corrected chi connectivity index (χ3v) is 4.91. The molecule has 2 amide bonds. The van der Waals surface area contributed by atoms with Gasteiger partial charge in [-0.25, -0.2) is 0 Å². The van der Waals surface area contributed by atoms with E-state index < -0.39 is 0 Å². The summed E-state index contributed by atoms with van der Waals surface area (Å²) in [6.45, 7) is 2.77. The summed E-state index contributed by atoms with van der Waals surface area (Å²) in [5, 5.41) is 14.6. The Hall–Kier alpha value is -2.78. The summed E-state index contributed by atoms with van der Waals surface area (Å²) in [5.41, 5.74) is 1.66. The molecule has 0 aliphatic carbocycles. The number of carbonyl (C=O) groups excluding carboxylic acids is 2. The van der Waals surface area contributed by atoms with Crippen molar-refractivity contribution in [3.8, 4) is 6.07 Å². The second kappa shape index (κ2) is 11.0. The second-order valence-electron chi connectivity index (χ2n) is 5.99. The topological polar surface area (TPSA) is 82.0 Å². The summed E-state index contributed by atoms with van der Waals surface area (Å²) in [7, 11) is 0. The van der Waals surface area contributed by atoms with Crippen LogP contribution in [0.1, 0.15) is 42.1 Å². The van der Waals surface area contributed by atoms with Crippen LogP contribution in [0.4, 0.5) is 5.69 Å². The molecule has 0 radical (unpaired) electrons. The molecule has 2 aromatic carbocycles. The predicted molar refractivity (Wildman–Crippen MR) is 109 cm³/mol. The molecule has 5 nitrogen and oxygen atoms in total. The van der Waals surface area contributed by atoms with Gasteiger partial charge in [0.25, 0.3) is 5.91 Å². The van der Waals surface area contributed by atoms with Crippen molar-refractivity contribution in [3.63, 3.8) is 0 Å². The molecule has 27 heavy (non-hydrogen) atoms. The lowest BCUT2D eigenvalue weighted by Crippen LogP contribution is -2.25. The normalized spacial score (nSPS) is 10.1. The van der Waals surface area contributed by atoms with Crippen molar-refractivity contribution in [2.75, 3.05) is 17.6 Å². The molecule has 140 valence electrons. The van der Waals surface area contributed by atoms with E-state index in [1.54, 1.807) is 30.3 Å². The lowest BCUT2D eigenvalue weighted by Gasteiger charge is -2.10. The van der Waals surface area contributed by atoms with Crippen molar-refractivity contribution in [1.82, 2.24) is 5.32 Å². The fourth-order valence-electron chi connectivity index (χ4n) is 2.46. The summed E-state index contributed by atoms with van der Waals surface area (Å²) in [6.07, 6.45) is 3.15. The maximum absolute atomic E-state index is 12.4. The number of amides is 2. The highest BCUT2D eigenvalue weighted by Crippen LogP contribution is 2.23. The third kappa shape index (κ3) is 6.80. The largest absolute Gasteiger partial charge is 0.352 e. The molecule has 0 unspecified atom stereocenters. The Kier molecular flexibility index (Phi) is 8.40. The Labute approximate surface area is 164 Å². The van der Waals surface area contributed by atoms with E-state index in [0.717, 1.165) is 24.2 Å². The molecule has 0 aliphatic heterocycles. The highest BCUT2D eigenvalue weighted by molar-refractivity contribution is 8.00. The van der Waals surface area contributed by atoms with Crippen molar-refractivity contribution in [2.45, 2.75) is 31.1 Å². The molecule has 6 heteroatoms. The Balaban J connectivity index is 1.92. The van der Waals surface area contributed by atoms with Gasteiger partial charge in [-0.05, 0) is 36.8 Å². The zero-order chi connectivity index (χ0) is 19.5. The number of carbonyl (C=O) groups is 2. The third-order valence-electron chi connectivity index (χ3n) is 3.83. The first-order valence-electron chi connectivity index (χ1n) is 8.94. The predicted octanol–water partition coefficient (Wildman–Crippen LogP) is 4.21. The number of hydrogen-bond acceptors (Lipinski definition) is 4. The van der Waals surface area contributed by atoms with Crippen LogP contribution in [0.5, 0.6) is 0 Å². The van der Waals surface area contributed by atoms with Gasteiger partial charge >= 0.3 is 0 Å². The average molecular weight is 382 g/mol. The molecule has 0 aliphatic rings. The molecule has 2 N–H and O–H groups in total. The molecule has 2 rings (SSSR count). The van der Waals surface area contributed by atoms with E-state index in [1.165, 1.54) is 11.8 Å². The van der Waals surface area contributed by atoms with E-state index in [2.05, 4.69) is 17.6 Å². The highest BCUT2D eigenvalue weighted by Gasteiger charge is 2.12. The van der Waals surface area contributed by atoms with Crippen molar-refractivity contribution >= 4 is 29.3 Å². The summed E-state index contributed by atoms with van der Waals surface area (Å²) in [4.78, 5) is 25.3. The van der Waals surface area contributed by atoms with E-state index in [9.17, 15) is 9.59 Å². The van der Waals surface area contributed by atoms with Crippen LogP contribution in [0, 0.1) is 11.3 Å². The van der Waals surface area contributed by atoms with Gasteiger partial charge in [-0.1, -0.05) is 38.0 Å². The van der Waals surface area contributed by atoms with Crippen LogP contribution in [0.3, 0.4) is 0 Å². The Morgan fingerprint density at radius 1 is 1.11 bits per heavy atom. The Morgan fingerprint density at radius 2 is 1.93 bits per heavy atom. The molecule has 0 bridgehead atoms. The number of unbranched alkanes of at least 4 members (excludes halogenated alkanes) is 2. The van der Waals surface area contributed by atoms with Gasteiger partial charge in [-0.3, -0.25) is 9.59 Å². The maximum Gasteiger partial charge on any atom is 0.252 e. The van der Waals surface area contributed by atoms with Gasteiger partial charge in [0.2, 0.25) is 5.91 Å². The van der Waals surface area contributed by atoms with Gasteiger partial charge in [0, 0.05) is 17.1 Å². The van der Waals surface area contributed by atoms with Crippen molar-refractivity contribution in [3.05, 3.63) is 59.7 Å². The van der Waals surface area contributed by atoms with Crippen LogP contribution >= 0.6 is 11.8 Å². The standard InChI is InChI=1S/C21H23N3O2S/c1-2-3-6-12-23-21(26)18-10-4-5-11-19(18)27-15-20(25)24-17-9-7-8-16(13-17)14-22/h4-5,7-11,13H,2-3,6,12,15H2,1H3,(H,23,26)(H,24,25). The second-order valence-corrected chi connectivity index (χ2v) is 7.01. The molecule has 0 saturated heterocycles. The number of anilines is 1. The lowest BCUT2D eigenvalue weighted by atomic mass is 10.2. The maximum atomic E-state index is 12.4. The molecule has 0 aromatic heterocycles. The van der Waals surface area contributed by atoms with E-state index in [0.29, 0.717) is 23.4 Å². The molecule has 0 heterocycles. The number of nitrogens with one attached hydrogen (secondary N) is 2. The van der Waals surface area contributed by atoms with Crippen LogP contribution in [0.2, 0.25) is 0 Å². The van der Waals surface area contributed by atoms with Gasteiger partial charge < -0.3 is 10.6 Å². The minimum absolute atomic E-state index is 0.115. The van der Waals surface area contributed by atoms with E-state index in [1.807, 2.05) is 24.3 Å². The molecule has 0 fully saturated rings. The van der Waals surface area contributed by atoms with Crippen LogP contribution in [0.15, 0.2) is 53.4 Å². The van der Waals surface area contributed by atoms with Gasteiger partial charge in [0.15, 0.2) is 0 Å². The molecule has 2 aromatic rings. The number of nitriles is 1. The summed E-state index contributed by atoms with van der Waals surface area (Å²) >= 11 is 1.32. The van der Waals surface area contributed by atoms with Crippen LogP contribution < -0.4 is 10.6 Å². The Morgan fingerprint density at radius 3 is 2.70 bits per heavy atom. The molecule has 0 atom stereocenters. The quantitative estimate of drug-likeness (QED) is 0.503. The Bertz CT molecular complexity index is 830. The summed E-state index contributed by atoms with van der Waals surface area (Å²) in [6, 6.07) is 16.1. The number of nitrogens with zero attached hydrogens (tertiary/aromatic N) is 1. The fourth-order valence-corrected chi connectivity index (χ4v) is 3.31. The molecule has 0 spiro atoms. The molecule has 0 saturated carbocycles. The zero-order valence-electron chi connectivity index (χ0n) is 15.3. The van der Waals surface area contributed by atoms with Gasteiger partial charge in [-0.15, -0.1) is 11.8 Å². The first-order chi connectivity index (χ1) is 13.1. The average Bonchev–Trinajstić information content (AvgIpc) is 2.70. The summed E-state index contributed by atoms with van der Waals surface area (Å²) < 4.78 is 0. The smallest absolute Gasteiger partial charge is 0.252 e. The van der Waals surface area contributed by atoms with Crippen molar-refractivity contribution in [2.24, 2.45) is 0 Å². The SMILES string of the molecule is CCCCCNC(=O)c1ccccc1SCC(=O)Nc1cccc(C#N)c1. The number of rotatable bonds is 9. The van der Waals surface area contributed by atoms with Gasteiger partial charge in [-0.2, -0.15) is 5.26 Å². The first kappa shape index (κ1) is 20.5. The number of benzene rings is 2. The number of thioether (sulfide) groups is 1. The first-order valence-corrected chi connectivity index (χ1v) is 9.92.